The van der Waals surface area contributed by atoms with Crippen LogP contribution >= 0.6 is 11.8 Å². The zero-order valence-electron chi connectivity index (χ0n) is 14.1. The van der Waals surface area contributed by atoms with Crippen LogP contribution in [0.1, 0.15) is 39.5 Å². The fraction of sp³-hybridized carbons (Fsp3) is 0.444. The molecular formula is C18H24FN3OS. The number of rotatable bonds is 9. The van der Waals surface area contributed by atoms with Gasteiger partial charge in [0.25, 0.3) is 0 Å². The van der Waals surface area contributed by atoms with Crippen LogP contribution in [0.3, 0.4) is 0 Å². The normalized spacial score (nSPS) is 12.1. The summed E-state index contributed by atoms with van der Waals surface area (Å²) in [5, 5.41) is 3.69. The molecule has 0 aliphatic carbocycles. The molecule has 0 saturated carbocycles. The lowest BCUT2D eigenvalue weighted by Crippen LogP contribution is -2.33. The lowest BCUT2D eigenvalue weighted by atomic mass is 10.1. The second-order valence-electron chi connectivity index (χ2n) is 5.86. The van der Waals surface area contributed by atoms with Gasteiger partial charge in [-0.1, -0.05) is 37.9 Å². The highest BCUT2D eigenvalue weighted by Crippen LogP contribution is 2.21. The first-order chi connectivity index (χ1) is 11.6. The molecule has 1 atom stereocenters. The number of H-pyrrole nitrogens is 1. The van der Waals surface area contributed by atoms with Crippen LogP contribution in [-0.2, 0) is 4.79 Å². The number of imidazole rings is 1. The number of hydrogen-bond acceptors (Lipinski definition) is 3. The first kappa shape index (κ1) is 18.5. The lowest BCUT2D eigenvalue weighted by molar-refractivity contribution is -0.119. The first-order valence-corrected chi connectivity index (χ1v) is 9.30. The van der Waals surface area contributed by atoms with E-state index in [4.69, 9.17) is 0 Å². The van der Waals surface area contributed by atoms with Gasteiger partial charge in [0, 0.05) is 6.04 Å². The molecule has 2 rings (SSSR count). The summed E-state index contributed by atoms with van der Waals surface area (Å²) >= 11 is 1.36. The number of benzene rings is 1. The van der Waals surface area contributed by atoms with Crippen LogP contribution in [0.25, 0.3) is 11.3 Å². The summed E-state index contributed by atoms with van der Waals surface area (Å²) in [4.78, 5) is 19.4. The maximum Gasteiger partial charge on any atom is 0.230 e. The number of nitrogens with one attached hydrogen (secondary N) is 2. The molecule has 1 amide bonds. The van der Waals surface area contributed by atoms with Gasteiger partial charge in [0.1, 0.15) is 5.82 Å². The standard InChI is InChI=1S/C18H24FN3OS/c1-3-4-5-6-13(2)21-17(23)12-24-18-20-11-16(22-18)14-7-9-15(19)10-8-14/h7-11,13H,3-6,12H2,1-2H3,(H,20,22)(H,21,23). The molecule has 2 N–H and O–H groups in total. The van der Waals surface area contributed by atoms with Crippen LogP contribution in [0, 0.1) is 5.82 Å². The van der Waals surface area contributed by atoms with Crippen molar-refractivity contribution in [1.82, 2.24) is 15.3 Å². The van der Waals surface area contributed by atoms with Crippen LogP contribution in [0.2, 0.25) is 0 Å². The second kappa shape index (κ2) is 9.47. The number of nitrogens with zero attached hydrogens (tertiary/aromatic N) is 1. The van der Waals surface area contributed by atoms with E-state index in [0.717, 1.165) is 24.1 Å². The van der Waals surface area contributed by atoms with E-state index >= 15 is 0 Å². The monoisotopic (exact) mass is 349 g/mol. The van der Waals surface area contributed by atoms with E-state index in [1.165, 1.54) is 36.7 Å². The predicted octanol–water partition coefficient (Wildman–Crippen LogP) is 4.39. The van der Waals surface area contributed by atoms with Crippen molar-refractivity contribution in [3.63, 3.8) is 0 Å². The largest absolute Gasteiger partial charge is 0.353 e. The first-order valence-electron chi connectivity index (χ1n) is 8.31. The Hall–Kier alpha value is -1.82. The van der Waals surface area contributed by atoms with E-state index in [1.807, 2.05) is 6.92 Å². The quantitative estimate of drug-likeness (QED) is 0.521. The van der Waals surface area contributed by atoms with Crippen LogP contribution in [0.4, 0.5) is 4.39 Å². The molecule has 0 aliphatic rings. The average Bonchev–Trinajstić information content (AvgIpc) is 3.03. The van der Waals surface area contributed by atoms with E-state index in [9.17, 15) is 9.18 Å². The molecule has 0 aliphatic heterocycles. The zero-order valence-corrected chi connectivity index (χ0v) is 15.0. The molecule has 24 heavy (non-hydrogen) atoms. The molecule has 0 fully saturated rings. The van der Waals surface area contributed by atoms with Crippen molar-refractivity contribution in [2.45, 2.75) is 50.7 Å². The second-order valence-corrected chi connectivity index (χ2v) is 6.83. The number of halogens is 1. The van der Waals surface area contributed by atoms with E-state index in [1.54, 1.807) is 18.3 Å². The van der Waals surface area contributed by atoms with Crippen molar-refractivity contribution in [2.75, 3.05) is 5.75 Å². The Bertz CT molecular complexity index is 642. The highest BCUT2D eigenvalue weighted by Gasteiger charge is 2.10. The minimum atomic E-state index is -0.266. The number of unbranched alkanes of at least 4 members (excludes halogenated alkanes) is 2. The minimum Gasteiger partial charge on any atom is -0.353 e. The maximum atomic E-state index is 12.9. The molecule has 0 radical (unpaired) electrons. The van der Waals surface area contributed by atoms with Crippen LogP contribution < -0.4 is 5.32 Å². The molecule has 0 bridgehead atoms. The fourth-order valence-electron chi connectivity index (χ4n) is 2.38. The third-order valence-electron chi connectivity index (χ3n) is 3.70. The van der Waals surface area contributed by atoms with E-state index in [0.29, 0.717) is 10.9 Å². The number of thioether (sulfide) groups is 1. The van der Waals surface area contributed by atoms with Gasteiger partial charge in [-0.25, -0.2) is 9.37 Å². The van der Waals surface area contributed by atoms with Gasteiger partial charge in [0.15, 0.2) is 5.16 Å². The van der Waals surface area contributed by atoms with Crippen LogP contribution in [-0.4, -0.2) is 27.7 Å². The van der Waals surface area contributed by atoms with E-state index in [2.05, 4.69) is 22.2 Å². The van der Waals surface area contributed by atoms with Crippen LogP contribution in [0.5, 0.6) is 0 Å². The van der Waals surface area contributed by atoms with Crippen molar-refractivity contribution < 1.29 is 9.18 Å². The molecule has 1 unspecified atom stereocenters. The Morgan fingerprint density at radius 2 is 2.08 bits per heavy atom. The average molecular weight is 349 g/mol. The Morgan fingerprint density at radius 1 is 1.33 bits per heavy atom. The van der Waals surface area contributed by atoms with Crippen LogP contribution in [0.15, 0.2) is 35.6 Å². The van der Waals surface area contributed by atoms with E-state index < -0.39 is 0 Å². The van der Waals surface area contributed by atoms with Crippen molar-refractivity contribution >= 4 is 17.7 Å². The van der Waals surface area contributed by atoms with E-state index in [-0.39, 0.29) is 17.8 Å². The topological polar surface area (TPSA) is 57.8 Å². The Balaban J connectivity index is 1.78. The number of amides is 1. The van der Waals surface area contributed by atoms with Gasteiger partial charge in [-0.3, -0.25) is 4.79 Å². The van der Waals surface area contributed by atoms with Crippen molar-refractivity contribution in [3.05, 3.63) is 36.3 Å². The number of carbonyl (C=O) groups excluding carboxylic acids is 1. The molecule has 1 heterocycles. The number of aromatic amines is 1. The maximum absolute atomic E-state index is 12.9. The Labute approximate surface area is 146 Å². The zero-order chi connectivity index (χ0) is 17.4. The highest BCUT2D eigenvalue weighted by molar-refractivity contribution is 7.99. The Morgan fingerprint density at radius 3 is 2.79 bits per heavy atom. The number of aromatic nitrogens is 2. The lowest BCUT2D eigenvalue weighted by Gasteiger charge is -2.13. The summed E-state index contributed by atoms with van der Waals surface area (Å²) in [5.41, 5.74) is 1.68. The fourth-order valence-corrected chi connectivity index (χ4v) is 3.04. The summed E-state index contributed by atoms with van der Waals surface area (Å²) in [5.74, 6) is 0.0791. The minimum absolute atomic E-state index is 0.0173. The molecule has 1 aromatic heterocycles. The summed E-state index contributed by atoms with van der Waals surface area (Å²) in [6.45, 7) is 4.21. The van der Waals surface area contributed by atoms with Gasteiger partial charge in [-0.15, -0.1) is 0 Å². The van der Waals surface area contributed by atoms with Crippen molar-refractivity contribution in [1.29, 1.82) is 0 Å². The summed E-state index contributed by atoms with van der Waals surface area (Å²) < 4.78 is 12.9. The molecule has 6 heteroatoms. The van der Waals surface area contributed by atoms with Crippen molar-refractivity contribution in [2.24, 2.45) is 0 Å². The Kier molecular flexibility index (Phi) is 7.31. The number of hydrogen-bond donors (Lipinski definition) is 2. The molecule has 0 saturated heterocycles. The molecular weight excluding hydrogens is 325 g/mol. The van der Waals surface area contributed by atoms with Gasteiger partial charge >= 0.3 is 0 Å². The van der Waals surface area contributed by atoms with Gasteiger partial charge in [-0.2, -0.15) is 0 Å². The molecule has 0 spiro atoms. The molecule has 2 aromatic rings. The third kappa shape index (κ3) is 6.00. The third-order valence-corrected chi connectivity index (χ3v) is 4.58. The summed E-state index contributed by atoms with van der Waals surface area (Å²) in [7, 11) is 0. The van der Waals surface area contributed by atoms with Gasteiger partial charge < -0.3 is 10.3 Å². The summed E-state index contributed by atoms with van der Waals surface area (Å²) in [6, 6.07) is 6.42. The van der Waals surface area contributed by atoms with Gasteiger partial charge in [-0.05, 0) is 43.2 Å². The molecule has 1 aromatic carbocycles. The predicted molar refractivity (Wildman–Crippen MR) is 96.5 cm³/mol. The molecule has 4 nitrogen and oxygen atoms in total. The highest BCUT2D eigenvalue weighted by atomic mass is 32.2. The molecule has 130 valence electrons. The SMILES string of the molecule is CCCCCC(C)NC(=O)CSc1ncc(-c2ccc(F)cc2)[nH]1. The van der Waals surface area contributed by atoms with Crippen molar-refractivity contribution in [3.8, 4) is 11.3 Å². The smallest absolute Gasteiger partial charge is 0.230 e. The van der Waals surface area contributed by atoms with Gasteiger partial charge in [0.2, 0.25) is 5.91 Å². The number of carbonyl (C=O) groups is 1. The van der Waals surface area contributed by atoms with Gasteiger partial charge in [0.05, 0.1) is 17.6 Å². The summed E-state index contributed by atoms with van der Waals surface area (Å²) in [6.07, 6.45) is 6.24.